The number of nitro groups is 1. The molecule has 1 heterocycles. The largest absolute Gasteiger partial charge is 0.416 e. The van der Waals surface area contributed by atoms with Gasteiger partial charge in [0.25, 0.3) is 5.69 Å². The minimum Gasteiger partial charge on any atom is -0.272 e. The van der Waals surface area contributed by atoms with Crippen molar-refractivity contribution in [2.45, 2.75) is 6.18 Å². The first-order chi connectivity index (χ1) is 10.4. The summed E-state index contributed by atoms with van der Waals surface area (Å²) in [6, 6.07) is 7.22. The van der Waals surface area contributed by atoms with Crippen molar-refractivity contribution >= 4 is 17.6 Å². The van der Waals surface area contributed by atoms with E-state index in [-0.39, 0.29) is 5.69 Å². The van der Waals surface area contributed by atoms with Crippen LogP contribution in [0, 0.1) is 10.1 Å². The number of nitrogens with one attached hydrogen (secondary N) is 1. The van der Waals surface area contributed by atoms with Crippen LogP contribution in [0.2, 0.25) is 0 Å². The molecule has 1 aromatic heterocycles. The smallest absolute Gasteiger partial charge is 0.272 e. The van der Waals surface area contributed by atoms with Crippen molar-refractivity contribution < 1.29 is 18.1 Å². The Morgan fingerprint density at radius 1 is 1.27 bits per heavy atom. The van der Waals surface area contributed by atoms with E-state index in [0.29, 0.717) is 11.8 Å². The van der Waals surface area contributed by atoms with E-state index in [9.17, 15) is 23.3 Å². The van der Waals surface area contributed by atoms with Gasteiger partial charge in [0.05, 0.1) is 22.4 Å². The highest BCUT2D eigenvalue weighted by molar-refractivity contribution is 5.78. The number of nitrogens with zero attached hydrogens (tertiary/aromatic N) is 3. The predicted molar refractivity (Wildman–Crippen MR) is 73.6 cm³/mol. The van der Waals surface area contributed by atoms with Crippen molar-refractivity contribution in [3.63, 3.8) is 0 Å². The molecule has 22 heavy (non-hydrogen) atoms. The lowest BCUT2D eigenvalue weighted by Gasteiger charge is -2.08. The lowest BCUT2D eigenvalue weighted by molar-refractivity contribution is -0.384. The van der Waals surface area contributed by atoms with Crippen molar-refractivity contribution in [1.82, 2.24) is 4.98 Å². The maximum Gasteiger partial charge on any atom is 0.416 e. The number of halogens is 3. The van der Waals surface area contributed by atoms with Crippen LogP contribution in [0.25, 0.3) is 0 Å². The molecule has 0 atom stereocenters. The van der Waals surface area contributed by atoms with Gasteiger partial charge in [0.15, 0.2) is 0 Å². The van der Waals surface area contributed by atoms with Crippen molar-refractivity contribution in [3.8, 4) is 0 Å². The molecule has 1 N–H and O–H groups in total. The van der Waals surface area contributed by atoms with Gasteiger partial charge in [-0.25, -0.2) is 0 Å². The van der Waals surface area contributed by atoms with Crippen LogP contribution in [0.1, 0.15) is 11.3 Å². The van der Waals surface area contributed by atoms with Gasteiger partial charge in [0.2, 0.25) is 0 Å². The minimum absolute atomic E-state index is 0.148. The third-order valence-corrected chi connectivity index (χ3v) is 2.59. The monoisotopic (exact) mass is 310 g/mol. The molecule has 0 aliphatic rings. The molecule has 0 bridgehead atoms. The number of hydrogen-bond donors (Lipinski definition) is 1. The van der Waals surface area contributed by atoms with Gasteiger partial charge in [-0.3, -0.25) is 20.5 Å². The third-order valence-electron chi connectivity index (χ3n) is 2.59. The van der Waals surface area contributed by atoms with Gasteiger partial charge in [0, 0.05) is 12.3 Å². The zero-order chi connectivity index (χ0) is 16.2. The Balaban J connectivity index is 2.24. The van der Waals surface area contributed by atoms with E-state index in [4.69, 9.17) is 0 Å². The Morgan fingerprint density at radius 3 is 2.64 bits per heavy atom. The zero-order valence-corrected chi connectivity index (χ0v) is 10.9. The molecule has 0 saturated heterocycles. The molecule has 6 nitrogen and oxygen atoms in total. The van der Waals surface area contributed by atoms with E-state index >= 15 is 0 Å². The standard InChI is InChI=1S/C13H9F3N4O2/c14-13(15,16)9-4-5-11(12(7-9)20(21)22)19-18-8-10-3-1-2-6-17-10/h1-8,19H. The summed E-state index contributed by atoms with van der Waals surface area (Å²) in [6.45, 7) is 0. The first-order valence-corrected chi connectivity index (χ1v) is 5.93. The number of pyridine rings is 1. The average Bonchev–Trinajstić information content (AvgIpc) is 2.47. The molecule has 2 aromatic rings. The van der Waals surface area contributed by atoms with Crippen LogP contribution in [0.15, 0.2) is 47.7 Å². The summed E-state index contributed by atoms with van der Waals surface area (Å²) >= 11 is 0. The Labute approximate surface area is 122 Å². The molecule has 0 aliphatic carbocycles. The minimum atomic E-state index is -4.65. The van der Waals surface area contributed by atoms with Crippen molar-refractivity contribution in [3.05, 3.63) is 64.0 Å². The van der Waals surface area contributed by atoms with Crippen LogP contribution < -0.4 is 5.43 Å². The molecule has 0 aliphatic heterocycles. The Hall–Kier alpha value is -2.97. The van der Waals surface area contributed by atoms with Gasteiger partial charge in [-0.2, -0.15) is 18.3 Å². The van der Waals surface area contributed by atoms with Crippen molar-refractivity contribution in [2.24, 2.45) is 5.10 Å². The number of hydrogen-bond acceptors (Lipinski definition) is 5. The normalized spacial score (nSPS) is 11.6. The van der Waals surface area contributed by atoms with E-state index in [2.05, 4.69) is 15.5 Å². The van der Waals surface area contributed by atoms with Gasteiger partial charge in [-0.1, -0.05) is 6.07 Å². The summed E-state index contributed by atoms with van der Waals surface area (Å²) in [5.41, 5.74) is 0.871. The highest BCUT2D eigenvalue weighted by Gasteiger charge is 2.33. The molecule has 0 radical (unpaired) electrons. The molecule has 114 valence electrons. The fourth-order valence-electron chi connectivity index (χ4n) is 1.57. The Kier molecular flexibility index (Phi) is 4.35. The van der Waals surface area contributed by atoms with E-state index in [0.717, 1.165) is 12.1 Å². The third kappa shape index (κ3) is 3.78. The lowest BCUT2D eigenvalue weighted by atomic mass is 10.1. The SMILES string of the molecule is O=[N+]([O-])c1cc(C(F)(F)F)ccc1NN=Cc1ccccn1. The van der Waals surface area contributed by atoms with Gasteiger partial charge >= 0.3 is 6.18 Å². The van der Waals surface area contributed by atoms with Gasteiger partial charge in [0.1, 0.15) is 5.69 Å². The average molecular weight is 310 g/mol. The second kappa shape index (κ2) is 6.20. The highest BCUT2D eigenvalue weighted by Crippen LogP contribution is 2.34. The first kappa shape index (κ1) is 15.4. The first-order valence-electron chi connectivity index (χ1n) is 5.93. The number of alkyl halides is 3. The maximum absolute atomic E-state index is 12.6. The number of anilines is 1. The molecule has 9 heteroatoms. The van der Waals surface area contributed by atoms with Gasteiger partial charge in [-0.05, 0) is 24.3 Å². The van der Waals surface area contributed by atoms with Crippen molar-refractivity contribution in [1.29, 1.82) is 0 Å². The van der Waals surface area contributed by atoms with Crippen LogP contribution in [0.4, 0.5) is 24.5 Å². The molecular weight excluding hydrogens is 301 g/mol. The van der Waals surface area contributed by atoms with Crippen LogP contribution in [-0.4, -0.2) is 16.1 Å². The second-order valence-electron chi connectivity index (χ2n) is 4.11. The maximum atomic E-state index is 12.6. The summed E-state index contributed by atoms with van der Waals surface area (Å²) in [7, 11) is 0. The Morgan fingerprint density at radius 2 is 2.05 bits per heavy atom. The highest BCUT2D eigenvalue weighted by atomic mass is 19.4. The number of nitro benzene ring substituents is 1. The van der Waals surface area contributed by atoms with E-state index < -0.39 is 22.4 Å². The fraction of sp³-hybridized carbons (Fsp3) is 0.0769. The van der Waals surface area contributed by atoms with E-state index in [1.165, 1.54) is 12.4 Å². The zero-order valence-electron chi connectivity index (χ0n) is 10.9. The van der Waals surface area contributed by atoms with Crippen LogP contribution >= 0.6 is 0 Å². The number of benzene rings is 1. The quantitative estimate of drug-likeness (QED) is 0.533. The van der Waals surface area contributed by atoms with Gasteiger partial charge < -0.3 is 0 Å². The lowest BCUT2D eigenvalue weighted by Crippen LogP contribution is -2.06. The molecule has 0 spiro atoms. The number of rotatable bonds is 4. The number of hydrazone groups is 1. The van der Waals surface area contributed by atoms with Gasteiger partial charge in [-0.15, -0.1) is 0 Å². The van der Waals surface area contributed by atoms with Crippen LogP contribution in [0.3, 0.4) is 0 Å². The summed E-state index contributed by atoms with van der Waals surface area (Å²) in [6.07, 6.45) is -1.83. The molecule has 1 aromatic carbocycles. The molecular formula is C13H9F3N4O2. The summed E-state index contributed by atoms with van der Waals surface area (Å²) < 4.78 is 37.7. The summed E-state index contributed by atoms with van der Waals surface area (Å²) in [4.78, 5) is 13.9. The van der Waals surface area contributed by atoms with E-state index in [1.807, 2.05) is 0 Å². The molecule has 0 amide bonds. The summed E-state index contributed by atoms with van der Waals surface area (Å²) in [5.74, 6) is 0. The molecule has 2 rings (SSSR count). The number of aromatic nitrogens is 1. The molecule has 0 fully saturated rings. The molecule has 0 saturated carbocycles. The van der Waals surface area contributed by atoms with Crippen molar-refractivity contribution in [2.75, 3.05) is 5.43 Å². The molecule has 0 unspecified atom stereocenters. The topological polar surface area (TPSA) is 80.4 Å². The van der Waals surface area contributed by atoms with Crippen LogP contribution in [0.5, 0.6) is 0 Å². The van der Waals surface area contributed by atoms with E-state index in [1.54, 1.807) is 18.2 Å². The fourth-order valence-corrected chi connectivity index (χ4v) is 1.57. The summed E-state index contributed by atoms with van der Waals surface area (Å²) in [5, 5.41) is 14.6. The second-order valence-corrected chi connectivity index (χ2v) is 4.11. The predicted octanol–water partition coefficient (Wildman–Crippen LogP) is 3.45. The van der Waals surface area contributed by atoms with Crippen LogP contribution in [-0.2, 0) is 6.18 Å². The Bertz CT molecular complexity index is 702.